The molecule has 2 N–H and O–H groups in total. The maximum atomic E-state index is 12.9. The molecule has 1 aromatic rings. The summed E-state index contributed by atoms with van der Waals surface area (Å²) >= 11 is 0. The monoisotopic (exact) mass is 570 g/mol. The lowest BCUT2D eigenvalue weighted by Crippen LogP contribution is -2.45. The van der Waals surface area contributed by atoms with Crippen molar-refractivity contribution in [2.75, 3.05) is 50.8 Å². The van der Waals surface area contributed by atoms with Crippen LogP contribution in [0.2, 0.25) is 0 Å². The molecule has 8 nitrogen and oxygen atoms in total. The van der Waals surface area contributed by atoms with Gasteiger partial charge in [-0.3, -0.25) is 4.79 Å². The van der Waals surface area contributed by atoms with Gasteiger partial charge < -0.3 is 25.2 Å². The number of carbonyl (C=O) groups excluding carboxylic acids is 1. The quantitative estimate of drug-likeness (QED) is 0.311. The number of hydrogen-bond acceptors (Lipinski definition) is 5. The van der Waals surface area contributed by atoms with Crippen LogP contribution in [0, 0.1) is 5.92 Å². The van der Waals surface area contributed by atoms with E-state index in [1.165, 1.54) is 19.3 Å². The molecule has 3 heterocycles. The van der Waals surface area contributed by atoms with Gasteiger partial charge in [-0.15, -0.1) is 24.0 Å². The fraction of sp³-hybridized carbons (Fsp3) is 0.708. The van der Waals surface area contributed by atoms with E-state index in [1.54, 1.807) is 0 Å². The van der Waals surface area contributed by atoms with Crippen LogP contribution >= 0.6 is 24.0 Å². The Labute approximate surface area is 215 Å². The third kappa shape index (κ3) is 7.18. The molecule has 4 rings (SSSR count). The smallest absolute Gasteiger partial charge is 0.225 e. The second kappa shape index (κ2) is 13.3. The summed E-state index contributed by atoms with van der Waals surface area (Å²) in [4.78, 5) is 26.7. The molecule has 1 unspecified atom stereocenters. The normalized spacial score (nSPS) is 22.1. The van der Waals surface area contributed by atoms with E-state index in [0.29, 0.717) is 12.5 Å². The lowest BCUT2D eigenvalue weighted by atomic mass is 9.88. The minimum atomic E-state index is 0. The van der Waals surface area contributed by atoms with E-state index in [9.17, 15) is 4.79 Å². The van der Waals surface area contributed by atoms with E-state index in [0.717, 1.165) is 82.5 Å². The summed E-state index contributed by atoms with van der Waals surface area (Å²) in [6, 6.07) is 4.32. The summed E-state index contributed by atoms with van der Waals surface area (Å²) < 4.78 is 5.48. The molecule has 1 aliphatic carbocycles. The fourth-order valence-corrected chi connectivity index (χ4v) is 4.98. The van der Waals surface area contributed by atoms with Gasteiger partial charge in [0.15, 0.2) is 5.96 Å². The summed E-state index contributed by atoms with van der Waals surface area (Å²) in [5.41, 5.74) is 1.12. The highest BCUT2D eigenvalue weighted by Gasteiger charge is 2.31. The van der Waals surface area contributed by atoms with Crippen molar-refractivity contribution in [2.24, 2.45) is 10.9 Å². The first kappa shape index (κ1) is 26.0. The van der Waals surface area contributed by atoms with E-state index in [-0.39, 0.29) is 35.9 Å². The maximum Gasteiger partial charge on any atom is 0.225 e. The number of aliphatic imine (C=N–C) groups is 1. The average Bonchev–Trinajstić information content (AvgIpc) is 3.32. The molecule has 1 atom stereocenters. The Kier molecular flexibility index (Phi) is 10.5. The summed E-state index contributed by atoms with van der Waals surface area (Å²) in [5, 5.41) is 6.93. The number of nitrogens with one attached hydrogen (secondary N) is 2. The Bertz CT molecular complexity index is 780. The molecule has 3 aliphatic rings. The number of aromatic nitrogens is 1. The average molecular weight is 571 g/mol. The van der Waals surface area contributed by atoms with Crippen molar-refractivity contribution < 1.29 is 9.53 Å². The van der Waals surface area contributed by atoms with Crippen molar-refractivity contribution in [1.82, 2.24) is 20.5 Å². The van der Waals surface area contributed by atoms with Gasteiger partial charge in [0.05, 0.1) is 19.8 Å². The van der Waals surface area contributed by atoms with Crippen LogP contribution in [-0.4, -0.2) is 73.7 Å². The Balaban J connectivity index is 0.00000306. The Morgan fingerprint density at radius 3 is 2.73 bits per heavy atom. The van der Waals surface area contributed by atoms with Crippen molar-refractivity contribution in [1.29, 1.82) is 0 Å². The number of amides is 1. The van der Waals surface area contributed by atoms with E-state index >= 15 is 0 Å². The van der Waals surface area contributed by atoms with Gasteiger partial charge in [0.1, 0.15) is 5.82 Å². The minimum Gasteiger partial charge on any atom is -0.378 e. The number of carbonyl (C=O) groups is 1. The number of guanidine groups is 1. The number of likely N-dealkylation sites (tertiary alicyclic amines) is 1. The molecule has 2 aliphatic heterocycles. The van der Waals surface area contributed by atoms with Gasteiger partial charge in [-0.2, -0.15) is 0 Å². The molecule has 2 saturated heterocycles. The predicted octanol–water partition coefficient (Wildman–Crippen LogP) is 2.77. The molecular formula is C24H39IN6O2. The van der Waals surface area contributed by atoms with Crippen molar-refractivity contribution in [3.05, 3.63) is 23.9 Å². The van der Waals surface area contributed by atoms with Crippen LogP contribution in [0.5, 0.6) is 0 Å². The van der Waals surface area contributed by atoms with Crippen molar-refractivity contribution in [3.63, 3.8) is 0 Å². The Hall–Kier alpha value is -1.62. The second-order valence-electron chi connectivity index (χ2n) is 9.03. The van der Waals surface area contributed by atoms with Gasteiger partial charge in [-0.25, -0.2) is 9.98 Å². The van der Waals surface area contributed by atoms with E-state index in [2.05, 4.69) is 38.4 Å². The lowest BCUT2D eigenvalue weighted by molar-refractivity contribution is -0.135. The van der Waals surface area contributed by atoms with Crippen molar-refractivity contribution >= 4 is 41.7 Å². The number of ether oxygens (including phenoxy) is 1. The molecule has 0 aromatic carbocycles. The molecule has 0 radical (unpaired) electrons. The molecule has 3 fully saturated rings. The van der Waals surface area contributed by atoms with Crippen LogP contribution in [-0.2, 0) is 16.1 Å². The maximum absolute atomic E-state index is 12.9. The highest BCUT2D eigenvalue weighted by molar-refractivity contribution is 14.0. The summed E-state index contributed by atoms with van der Waals surface area (Å²) in [5.74, 6) is 2.41. The number of pyridine rings is 1. The lowest BCUT2D eigenvalue weighted by Gasteiger charge is -2.29. The van der Waals surface area contributed by atoms with E-state index < -0.39 is 0 Å². The number of nitrogens with zero attached hydrogens (tertiary/aromatic N) is 4. The number of halogens is 1. The highest BCUT2D eigenvalue weighted by atomic mass is 127. The van der Waals surface area contributed by atoms with Crippen LogP contribution in [0.25, 0.3) is 0 Å². The molecule has 0 spiro atoms. The van der Waals surface area contributed by atoms with Gasteiger partial charge >= 0.3 is 0 Å². The van der Waals surface area contributed by atoms with E-state index in [4.69, 9.17) is 9.73 Å². The van der Waals surface area contributed by atoms with Gasteiger partial charge in [0.25, 0.3) is 0 Å². The zero-order valence-electron chi connectivity index (χ0n) is 19.8. The van der Waals surface area contributed by atoms with Crippen molar-refractivity contribution in [3.8, 4) is 0 Å². The number of morpholine rings is 1. The fourth-order valence-electron chi connectivity index (χ4n) is 4.98. The van der Waals surface area contributed by atoms with Crippen LogP contribution in [0.3, 0.4) is 0 Å². The number of anilines is 1. The van der Waals surface area contributed by atoms with Gasteiger partial charge in [-0.05, 0) is 32.3 Å². The molecule has 33 heavy (non-hydrogen) atoms. The molecular weight excluding hydrogens is 531 g/mol. The molecule has 0 bridgehead atoms. The number of hydrogen-bond donors (Lipinski definition) is 2. The van der Waals surface area contributed by atoms with Crippen LogP contribution in [0.1, 0.15) is 51.0 Å². The molecule has 9 heteroatoms. The first-order valence-electron chi connectivity index (χ1n) is 12.3. The molecule has 1 aromatic heterocycles. The zero-order valence-corrected chi connectivity index (χ0v) is 22.1. The van der Waals surface area contributed by atoms with Crippen LogP contribution in [0.4, 0.5) is 5.82 Å². The highest BCUT2D eigenvalue weighted by Crippen LogP contribution is 2.27. The first-order chi connectivity index (χ1) is 15.7. The zero-order chi connectivity index (χ0) is 22.2. The second-order valence-corrected chi connectivity index (χ2v) is 9.03. The largest absolute Gasteiger partial charge is 0.378 e. The molecule has 1 amide bonds. The Morgan fingerprint density at radius 1 is 1.18 bits per heavy atom. The topological polar surface area (TPSA) is 82.1 Å². The van der Waals surface area contributed by atoms with Gasteiger partial charge in [0, 0.05) is 56.4 Å². The summed E-state index contributed by atoms with van der Waals surface area (Å²) in [6.45, 7) is 8.25. The summed E-state index contributed by atoms with van der Waals surface area (Å²) in [7, 11) is 0. The van der Waals surface area contributed by atoms with E-state index in [1.807, 2.05) is 12.3 Å². The van der Waals surface area contributed by atoms with Crippen molar-refractivity contribution in [2.45, 2.75) is 58.0 Å². The van der Waals surface area contributed by atoms with Crippen LogP contribution in [0.15, 0.2) is 23.3 Å². The summed E-state index contributed by atoms with van der Waals surface area (Å²) in [6.07, 6.45) is 8.61. The minimum absolute atomic E-state index is 0. The SMILES string of the molecule is CCNC(=NCc1cccnc1N1CCOCC1)NC1CCN(C(=O)C2CCCCC2)C1.I. The van der Waals surface area contributed by atoms with Gasteiger partial charge in [0.2, 0.25) is 5.91 Å². The van der Waals surface area contributed by atoms with Gasteiger partial charge in [-0.1, -0.05) is 25.3 Å². The number of rotatable bonds is 6. The third-order valence-corrected chi connectivity index (χ3v) is 6.73. The molecule has 1 saturated carbocycles. The molecule has 184 valence electrons. The van der Waals surface area contributed by atoms with Crippen LogP contribution < -0.4 is 15.5 Å². The third-order valence-electron chi connectivity index (χ3n) is 6.73. The standard InChI is InChI=1S/C24H38N6O2.HI/c1-2-25-24(27-17-20-9-6-11-26-22(20)29-13-15-32-16-14-29)28-21-10-12-30(18-21)23(31)19-7-4-3-5-8-19;/h6,9,11,19,21H,2-5,7-8,10,12-18H2,1H3,(H2,25,27,28);1H. The Morgan fingerprint density at radius 2 is 1.97 bits per heavy atom. The predicted molar refractivity (Wildman–Crippen MR) is 142 cm³/mol. The first-order valence-corrected chi connectivity index (χ1v) is 12.3.